The summed E-state index contributed by atoms with van der Waals surface area (Å²) in [7, 11) is -3.91. The van der Waals surface area contributed by atoms with Crippen LogP contribution in [-0.4, -0.2) is 4.89 Å². The van der Waals surface area contributed by atoms with Crippen LogP contribution in [0.1, 0.15) is 43.9 Å². The van der Waals surface area contributed by atoms with Crippen molar-refractivity contribution in [3.63, 3.8) is 0 Å². The van der Waals surface area contributed by atoms with Crippen molar-refractivity contribution in [1.29, 1.82) is 0 Å². The van der Waals surface area contributed by atoms with Crippen molar-refractivity contribution < 1.29 is 14.0 Å². The number of aryl methyl sites for hydroxylation is 2. The van der Waals surface area contributed by atoms with Crippen molar-refractivity contribution in [3.05, 3.63) is 59.2 Å². The highest BCUT2D eigenvalue weighted by atomic mass is 31.2. The molecule has 4 heteroatoms. The fourth-order valence-corrected chi connectivity index (χ4v) is 4.34. The van der Waals surface area contributed by atoms with E-state index >= 15 is 0 Å². The highest BCUT2D eigenvalue weighted by molar-refractivity contribution is 7.61. The number of hydrogen-bond donors (Lipinski definition) is 1. The molecule has 1 atom stereocenters. The molecule has 0 radical (unpaired) electrons. The summed E-state index contributed by atoms with van der Waals surface area (Å²) in [6.45, 7) is 6.14. The van der Waals surface area contributed by atoms with Gasteiger partial charge in [-0.3, -0.25) is 0 Å². The first-order valence-electron chi connectivity index (χ1n) is 8.25. The molecule has 1 unspecified atom stereocenters. The first-order chi connectivity index (χ1) is 11.0. The molecule has 0 aliphatic rings. The van der Waals surface area contributed by atoms with E-state index in [4.69, 9.17) is 4.52 Å². The maximum Gasteiger partial charge on any atom is 0.408 e. The number of hydrogen-bond acceptors (Lipinski definition) is 2. The van der Waals surface area contributed by atoms with E-state index in [2.05, 4.69) is 13.8 Å². The van der Waals surface area contributed by atoms with Gasteiger partial charge in [-0.15, -0.1) is 0 Å². The van der Waals surface area contributed by atoms with Crippen LogP contribution >= 0.6 is 7.60 Å². The fraction of sp³-hybridized carbons (Fsp3) is 0.368. The minimum Gasteiger partial charge on any atom is -0.421 e. The van der Waals surface area contributed by atoms with Gasteiger partial charge in [0.15, 0.2) is 0 Å². The Morgan fingerprint density at radius 1 is 0.957 bits per heavy atom. The molecule has 0 spiro atoms. The summed E-state index contributed by atoms with van der Waals surface area (Å²) >= 11 is 0. The molecule has 0 heterocycles. The quantitative estimate of drug-likeness (QED) is 0.751. The van der Waals surface area contributed by atoms with Gasteiger partial charge in [0.2, 0.25) is 0 Å². The second kappa shape index (κ2) is 7.81. The Hall–Kier alpha value is -1.57. The molecule has 0 bridgehead atoms. The third-order valence-corrected chi connectivity index (χ3v) is 5.47. The molecule has 23 heavy (non-hydrogen) atoms. The molecule has 2 rings (SSSR count). The van der Waals surface area contributed by atoms with E-state index in [9.17, 15) is 9.46 Å². The molecule has 0 amide bonds. The van der Waals surface area contributed by atoms with Gasteiger partial charge in [0, 0.05) is 0 Å². The van der Waals surface area contributed by atoms with Gasteiger partial charge in [-0.25, -0.2) is 4.57 Å². The minimum atomic E-state index is -3.91. The second-order valence-electron chi connectivity index (χ2n) is 5.59. The lowest BCUT2D eigenvalue weighted by molar-refractivity contribution is 0.391. The van der Waals surface area contributed by atoms with Crippen molar-refractivity contribution in [2.45, 2.75) is 46.5 Å². The number of rotatable bonds is 7. The van der Waals surface area contributed by atoms with E-state index in [-0.39, 0.29) is 0 Å². The van der Waals surface area contributed by atoms with Crippen LogP contribution in [0.25, 0.3) is 0 Å². The van der Waals surface area contributed by atoms with E-state index in [0.29, 0.717) is 17.5 Å². The third-order valence-electron chi connectivity index (χ3n) is 4.00. The van der Waals surface area contributed by atoms with Gasteiger partial charge in [-0.1, -0.05) is 57.5 Å². The highest BCUT2D eigenvalue weighted by Gasteiger charge is 2.28. The Kier molecular flexibility index (Phi) is 6.04. The maximum absolute atomic E-state index is 12.9. The van der Waals surface area contributed by atoms with Crippen molar-refractivity contribution in [1.82, 2.24) is 0 Å². The molecule has 0 saturated heterocycles. The molecule has 2 aromatic rings. The summed E-state index contributed by atoms with van der Waals surface area (Å²) in [5.74, 6) is 0.504. The SMILES string of the molecule is CCCc1ccccc1OP(=O)(O)c1cccc(CC)c1CC. The minimum absolute atomic E-state index is 0.422. The molecule has 2 aromatic carbocycles. The van der Waals surface area contributed by atoms with E-state index in [1.54, 1.807) is 12.1 Å². The van der Waals surface area contributed by atoms with E-state index < -0.39 is 7.60 Å². The standard InChI is InChI=1S/C19H25O3P/c1-4-10-16-11-7-8-13-18(16)22-23(20,21)19-14-9-12-15(5-2)17(19)6-3/h7-9,11-14H,4-6,10H2,1-3H3,(H,20,21). The molecule has 1 N–H and O–H groups in total. The Bertz CT molecular complexity index is 710. The van der Waals surface area contributed by atoms with E-state index in [1.165, 1.54) is 0 Å². The summed E-state index contributed by atoms with van der Waals surface area (Å²) in [5.41, 5.74) is 2.99. The number of para-hydroxylation sites is 1. The van der Waals surface area contributed by atoms with Crippen LogP contribution in [0.2, 0.25) is 0 Å². The number of benzene rings is 2. The Morgan fingerprint density at radius 3 is 2.30 bits per heavy atom. The summed E-state index contributed by atoms with van der Waals surface area (Å²) in [5, 5.41) is 0.422. The summed E-state index contributed by atoms with van der Waals surface area (Å²) in [6.07, 6.45) is 3.33. The van der Waals surface area contributed by atoms with Crippen molar-refractivity contribution in [3.8, 4) is 5.75 Å². The van der Waals surface area contributed by atoms with Crippen LogP contribution in [0.4, 0.5) is 0 Å². The van der Waals surface area contributed by atoms with Crippen LogP contribution in [0.3, 0.4) is 0 Å². The van der Waals surface area contributed by atoms with Gasteiger partial charge >= 0.3 is 7.60 Å². The first-order valence-corrected chi connectivity index (χ1v) is 9.82. The lowest BCUT2D eigenvalue weighted by Gasteiger charge is -2.20. The Labute approximate surface area is 138 Å². The lowest BCUT2D eigenvalue weighted by Crippen LogP contribution is -2.16. The van der Waals surface area contributed by atoms with Crippen LogP contribution in [0.15, 0.2) is 42.5 Å². The highest BCUT2D eigenvalue weighted by Crippen LogP contribution is 2.44. The summed E-state index contributed by atoms with van der Waals surface area (Å²) in [4.78, 5) is 10.6. The van der Waals surface area contributed by atoms with Gasteiger partial charge in [-0.2, -0.15) is 0 Å². The fourth-order valence-electron chi connectivity index (χ4n) is 2.88. The first kappa shape index (κ1) is 17.8. The van der Waals surface area contributed by atoms with Gasteiger partial charge in [0.1, 0.15) is 5.75 Å². The van der Waals surface area contributed by atoms with Gasteiger partial charge < -0.3 is 9.42 Å². The molecule has 0 aromatic heterocycles. The van der Waals surface area contributed by atoms with Crippen LogP contribution in [-0.2, 0) is 23.8 Å². The van der Waals surface area contributed by atoms with E-state index in [0.717, 1.165) is 36.0 Å². The zero-order valence-electron chi connectivity index (χ0n) is 14.1. The third kappa shape index (κ3) is 4.04. The second-order valence-corrected chi connectivity index (χ2v) is 7.30. The molecular formula is C19H25O3P. The average molecular weight is 332 g/mol. The van der Waals surface area contributed by atoms with Crippen LogP contribution in [0, 0.1) is 0 Å². The Balaban J connectivity index is 2.42. The van der Waals surface area contributed by atoms with Crippen LogP contribution in [0.5, 0.6) is 5.75 Å². The molecule has 124 valence electrons. The molecule has 3 nitrogen and oxygen atoms in total. The van der Waals surface area contributed by atoms with Gasteiger partial charge in [0.25, 0.3) is 0 Å². The van der Waals surface area contributed by atoms with E-state index in [1.807, 2.05) is 37.3 Å². The predicted octanol–water partition coefficient (Wildman–Crippen LogP) is 4.65. The molecule has 0 aliphatic carbocycles. The largest absolute Gasteiger partial charge is 0.421 e. The monoisotopic (exact) mass is 332 g/mol. The summed E-state index contributed by atoms with van der Waals surface area (Å²) < 4.78 is 18.5. The topological polar surface area (TPSA) is 46.5 Å². The van der Waals surface area contributed by atoms with Crippen molar-refractivity contribution >= 4 is 12.9 Å². The van der Waals surface area contributed by atoms with Crippen LogP contribution < -0.4 is 9.83 Å². The summed E-state index contributed by atoms with van der Waals surface area (Å²) in [6, 6.07) is 13.0. The average Bonchev–Trinajstić information content (AvgIpc) is 2.55. The normalized spacial score (nSPS) is 13.6. The molecule has 0 saturated carbocycles. The zero-order valence-corrected chi connectivity index (χ0v) is 15.0. The zero-order chi connectivity index (χ0) is 16.9. The lowest BCUT2D eigenvalue weighted by atomic mass is 10.0. The predicted molar refractivity (Wildman–Crippen MR) is 95.7 cm³/mol. The van der Waals surface area contributed by atoms with Gasteiger partial charge in [0.05, 0.1) is 5.30 Å². The molecular weight excluding hydrogens is 307 g/mol. The Morgan fingerprint density at radius 2 is 1.65 bits per heavy atom. The van der Waals surface area contributed by atoms with Gasteiger partial charge in [-0.05, 0) is 48.1 Å². The van der Waals surface area contributed by atoms with Crippen molar-refractivity contribution in [2.24, 2.45) is 0 Å². The molecule has 0 fully saturated rings. The smallest absolute Gasteiger partial charge is 0.408 e. The maximum atomic E-state index is 12.9. The van der Waals surface area contributed by atoms with Crippen molar-refractivity contribution in [2.75, 3.05) is 0 Å². The molecule has 0 aliphatic heterocycles.